The van der Waals surface area contributed by atoms with Gasteiger partial charge in [-0.25, -0.2) is 4.98 Å². The molecule has 0 aliphatic heterocycles. The average molecular weight is 257 g/mol. The summed E-state index contributed by atoms with van der Waals surface area (Å²) in [4.78, 5) is 15.7. The fourth-order valence-corrected chi connectivity index (χ4v) is 1.90. The molecule has 0 fully saturated rings. The number of rotatable bonds is 2. The van der Waals surface area contributed by atoms with E-state index < -0.39 is 0 Å². The summed E-state index contributed by atoms with van der Waals surface area (Å²) in [7, 11) is 0. The highest BCUT2D eigenvalue weighted by Crippen LogP contribution is 2.18. The number of hydrogen-bond acceptors (Lipinski definition) is 2. The largest absolute Gasteiger partial charge is 0.347 e. The Morgan fingerprint density at radius 1 is 1.31 bits per heavy atom. The van der Waals surface area contributed by atoms with E-state index in [4.69, 9.17) is 23.2 Å². The Kier molecular flexibility index (Phi) is 3.46. The summed E-state index contributed by atoms with van der Waals surface area (Å²) >= 11 is 11.6. The minimum absolute atomic E-state index is 0.143. The topological polar surface area (TPSA) is 42.0 Å². The van der Waals surface area contributed by atoms with Crippen LogP contribution in [-0.4, -0.2) is 16.9 Å². The minimum Gasteiger partial charge on any atom is -0.347 e. The van der Waals surface area contributed by atoms with E-state index in [9.17, 15) is 4.79 Å². The van der Waals surface area contributed by atoms with Crippen molar-refractivity contribution in [3.8, 4) is 0 Å². The van der Waals surface area contributed by atoms with Crippen LogP contribution in [0.1, 0.15) is 23.3 Å². The van der Waals surface area contributed by atoms with E-state index >= 15 is 0 Å². The number of nitrogens with one attached hydrogen (secondary N) is 1. The van der Waals surface area contributed by atoms with Gasteiger partial charge in [0.15, 0.2) is 0 Å². The van der Waals surface area contributed by atoms with Gasteiger partial charge in [-0.05, 0) is 25.0 Å². The van der Waals surface area contributed by atoms with E-state index in [0.717, 1.165) is 12.8 Å². The molecule has 0 spiro atoms. The van der Waals surface area contributed by atoms with Crippen LogP contribution < -0.4 is 5.32 Å². The van der Waals surface area contributed by atoms with Gasteiger partial charge in [0, 0.05) is 6.04 Å². The number of aromatic nitrogens is 1. The molecule has 1 aromatic rings. The van der Waals surface area contributed by atoms with Crippen LogP contribution in [0.25, 0.3) is 0 Å². The first-order valence-corrected chi connectivity index (χ1v) is 5.70. The van der Waals surface area contributed by atoms with Crippen LogP contribution in [0, 0.1) is 0 Å². The van der Waals surface area contributed by atoms with Crippen molar-refractivity contribution < 1.29 is 4.79 Å². The van der Waals surface area contributed by atoms with Crippen molar-refractivity contribution in [3.63, 3.8) is 0 Å². The van der Waals surface area contributed by atoms with Gasteiger partial charge in [0.1, 0.15) is 10.8 Å². The van der Waals surface area contributed by atoms with Gasteiger partial charge in [-0.2, -0.15) is 0 Å². The Morgan fingerprint density at radius 3 is 2.69 bits per heavy atom. The number of carbonyl (C=O) groups is 1. The van der Waals surface area contributed by atoms with Crippen molar-refractivity contribution in [1.82, 2.24) is 10.3 Å². The van der Waals surface area contributed by atoms with Gasteiger partial charge in [0.25, 0.3) is 5.91 Å². The molecule has 0 saturated heterocycles. The molecule has 1 heterocycles. The summed E-state index contributed by atoms with van der Waals surface area (Å²) in [6.45, 7) is 0. The molecule has 2 rings (SSSR count). The normalized spacial score (nSPS) is 15.4. The third-order valence-corrected chi connectivity index (χ3v) is 2.89. The Bertz CT molecular complexity index is 438. The van der Waals surface area contributed by atoms with Crippen molar-refractivity contribution >= 4 is 29.1 Å². The third kappa shape index (κ3) is 2.54. The summed E-state index contributed by atoms with van der Waals surface area (Å²) < 4.78 is 0. The maximum Gasteiger partial charge on any atom is 0.271 e. The zero-order valence-electron chi connectivity index (χ0n) is 8.41. The quantitative estimate of drug-likeness (QED) is 0.653. The van der Waals surface area contributed by atoms with E-state index in [1.807, 2.05) is 12.2 Å². The number of halogens is 2. The summed E-state index contributed by atoms with van der Waals surface area (Å²) in [6, 6.07) is 3.26. The highest BCUT2D eigenvalue weighted by molar-refractivity contribution is 6.34. The standard InChI is InChI=1S/C11H10Cl2N2O/c12-8-5-6-9(13)15-10(8)11(16)14-7-3-1-2-4-7/h1-2,5-7H,3-4H2,(H,14,16). The molecule has 1 aliphatic rings. The lowest BCUT2D eigenvalue weighted by atomic mass is 10.2. The molecule has 1 aromatic heterocycles. The lowest BCUT2D eigenvalue weighted by Gasteiger charge is -2.12. The molecule has 0 bridgehead atoms. The maximum atomic E-state index is 11.8. The summed E-state index contributed by atoms with van der Waals surface area (Å²) in [5, 5.41) is 3.43. The van der Waals surface area contributed by atoms with Gasteiger partial charge in [0.2, 0.25) is 0 Å². The van der Waals surface area contributed by atoms with Crippen LogP contribution in [0.3, 0.4) is 0 Å². The van der Waals surface area contributed by atoms with E-state index in [-0.39, 0.29) is 22.8 Å². The summed E-state index contributed by atoms with van der Waals surface area (Å²) in [5.41, 5.74) is 0.182. The van der Waals surface area contributed by atoms with Crippen molar-refractivity contribution in [2.75, 3.05) is 0 Å². The van der Waals surface area contributed by atoms with Gasteiger partial charge < -0.3 is 5.32 Å². The maximum absolute atomic E-state index is 11.8. The molecule has 1 aliphatic carbocycles. The average Bonchev–Trinajstić information content (AvgIpc) is 2.74. The number of carbonyl (C=O) groups excluding carboxylic acids is 1. The van der Waals surface area contributed by atoms with Crippen LogP contribution in [-0.2, 0) is 0 Å². The van der Waals surface area contributed by atoms with Gasteiger partial charge in [-0.15, -0.1) is 0 Å². The zero-order chi connectivity index (χ0) is 11.5. The van der Waals surface area contributed by atoms with E-state index in [1.165, 1.54) is 0 Å². The predicted molar refractivity (Wildman–Crippen MR) is 63.9 cm³/mol. The lowest BCUT2D eigenvalue weighted by Crippen LogP contribution is -2.33. The Balaban J connectivity index is 2.10. The number of nitrogens with zero attached hydrogens (tertiary/aromatic N) is 1. The molecule has 0 aromatic carbocycles. The third-order valence-electron chi connectivity index (χ3n) is 2.37. The molecule has 0 atom stereocenters. The number of amides is 1. The zero-order valence-corrected chi connectivity index (χ0v) is 9.92. The summed E-state index contributed by atoms with van der Waals surface area (Å²) in [6.07, 6.45) is 5.78. The lowest BCUT2D eigenvalue weighted by molar-refractivity contribution is 0.0934. The molecule has 0 radical (unpaired) electrons. The SMILES string of the molecule is O=C(NC1CC=CC1)c1nc(Cl)ccc1Cl. The van der Waals surface area contributed by atoms with Crippen molar-refractivity contribution in [3.05, 3.63) is 40.2 Å². The van der Waals surface area contributed by atoms with Gasteiger partial charge in [-0.3, -0.25) is 4.79 Å². The van der Waals surface area contributed by atoms with E-state index in [1.54, 1.807) is 12.1 Å². The first-order chi connectivity index (χ1) is 7.66. The van der Waals surface area contributed by atoms with Crippen LogP contribution in [0.4, 0.5) is 0 Å². The molecule has 3 nitrogen and oxygen atoms in total. The second-order valence-electron chi connectivity index (χ2n) is 3.58. The number of hydrogen-bond donors (Lipinski definition) is 1. The Labute approximate surface area is 103 Å². The number of pyridine rings is 1. The highest BCUT2D eigenvalue weighted by Gasteiger charge is 2.18. The van der Waals surface area contributed by atoms with Gasteiger partial charge in [-0.1, -0.05) is 35.4 Å². The molecule has 1 amide bonds. The Hall–Kier alpha value is -1.06. The molecular formula is C11H10Cl2N2O. The molecule has 0 unspecified atom stereocenters. The first kappa shape index (κ1) is 11.4. The second kappa shape index (κ2) is 4.85. The van der Waals surface area contributed by atoms with Crippen molar-refractivity contribution in [2.45, 2.75) is 18.9 Å². The monoisotopic (exact) mass is 256 g/mol. The fourth-order valence-electron chi connectivity index (χ4n) is 1.57. The predicted octanol–water partition coefficient (Wildman–Crippen LogP) is 2.84. The molecule has 84 valence electrons. The summed E-state index contributed by atoms with van der Waals surface area (Å²) in [5.74, 6) is -0.277. The van der Waals surface area contributed by atoms with Gasteiger partial charge in [0.05, 0.1) is 5.02 Å². The van der Waals surface area contributed by atoms with Crippen LogP contribution in [0.15, 0.2) is 24.3 Å². The van der Waals surface area contributed by atoms with E-state index in [0.29, 0.717) is 5.02 Å². The van der Waals surface area contributed by atoms with E-state index in [2.05, 4.69) is 10.3 Å². The van der Waals surface area contributed by atoms with Crippen LogP contribution in [0.2, 0.25) is 10.2 Å². The van der Waals surface area contributed by atoms with Gasteiger partial charge >= 0.3 is 0 Å². The first-order valence-electron chi connectivity index (χ1n) is 4.94. The van der Waals surface area contributed by atoms with Crippen LogP contribution >= 0.6 is 23.2 Å². The highest BCUT2D eigenvalue weighted by atomic mass is 35.5. The van der Waals surface area contributed by atoms with Crippen LogP contribution in [0.5, 0.6) is 0 Å². The molecular weight excluding hydrogens is 247 g/mol. The molecule has 5 heteroatoms. The second-order valence-corrected chi connectivity index (χ2v) is 4.37. The molecule has 16 heavy (non-hydrogen) atoms. The van der Waals surface area contributed by atoms with Crippen molar-refractivity contribution in [2.24, 2.45) is 0 Å². The minimum atomic E-state index is -0.277. The smallest absolute Gasteiger partial charge is 0.271 e. The molecule has 1 N–H and O–H groups in total. The molecule has 0 saturated carbocycles. The Morgan fingerprint density at radius 2 is 2.00 bits per heavy atom. The van der Waals surface area contributed by atoms with Crippen molar-refractivity contribution in [1.29, 1.82) is 0 Å². The fraction of sp³-hybridized carbons (Fsp3) is 0.273.